The van der Waals surface area contributed by atoms with Crippen LogP contribution < -0.4 is 0 Å². The van der Waals surface area contributed by atoms with Crippen molar-refractivity contribution in [1.29, 1.82) is 0 Å². The van der Waals surface area contributed by atoms with E-state index in [2.05, 4.69) is 0 Å². The summed E-state index contributed by atoms with van der Waals surface area (Å²) < 4.78 is 39.3. The number of amides is 1. The lowest BCUT2D eigenvalue weighted by Gasteiger charge is -2.20. The van der Waals surface area contributed by atoms with Crippen LogP contribution in [-0.4, -0.2) is 28.9 Å². The molecular formula is C19H17ClF3NO3. The molecule has 0 unspecified atom stereocenters. The Bertz CT molecular complexity index is 853. The Hall–Kier alpha value is -2.54. The predicted octanol–water partition coefficient (Wildman–Crippen LogP) is 4.63. The third-order valence-electron chi connectivity index (χ3n) is 3.99. The zero-order valence-electron chi connectivity index (χ0n) is 14.4. The van der Waals surface area contributed by atoms with Crippen LogP contribution in [0.5, 0.6) is 0 Å². The van der Waals surface area contributed by atoms with Gasteiger partial charge < -0.3 is 10.0 Å². The van der Waals surface area contributed by atoms with E-state index in [9.17, 15) is 22.8 Å². The van der Waals surface area contributed by atoms with Crippen LogP contribution >= 0.6 is 11.6 Å². The molecule has 0 aromatic heterocycles. The van der Waals surface area contributed by atoms with E-state index >= 15 is 0 Å². The maximum atomic E-state index is 13.1. The van der Waals surface area contributed by atoms with Gasteiger partial charge in [-0.3, -0.25) is 9.59 Å². The number of rotatable bonds is 7. The highest BCUT2D eigenvalue weighted by Crippen LogP contribution is 2.35. The highest BCUT2D eigenvalue weighted by Gasteiger charge is 2.31. The number of benzene rings is 2. The summed E-state index contributed by atoms with van der Waals surface area (Å²) in [5, 5.41) is 9.24. The largest absolute Gasteiger partial charge is 0.481 e. The van der Waals surface area contributed by atoms with Crippen molar-refractivity contribution in [2.24, 2.45) is 0 Å². The molecule has 1 amide bonds. The van der Waals surface area contributed by atoms with E-state index in [-0.39, 0.29) is 18.0 Å². The summed E-state index contributed by atoms with van der Waals surface area (Å²) in [4.78, 5) is 23.4. The average Bonchev–Trinajstić information content (AvgIpc) is 2.57. The van der Waals surface area contributed by atoms with Gasteiger partial charge in [-0.05, 0) is 53.4 Å². The number of carboxylic acid groups (broad SMARTS) is 1. The number of hydrogen-bond donors (Lipinski definition) is 1. The number of carbonyl (C=O) groups is 2. The molecule has 4 nitrogen and oxygen atoms in total. The highest BCUT2D eigenvalue weighted by molar-refractivity contribution is 6.31. The van der Waals surface area contributed by atoms with Crippen LogP contribution in [0.2, 0.25) is 5.02 Å². The van der Waals surface area contributed by atoms with Gasteiger partial charge in [-0.15, -0.1) is 0 Å². The Labute approximate surface area is 159 Å². The third-order valence-corrected chi connectivity index (χ3v) is 4.20. The number of carbonyl (C=O) groups excluding carboxylic acids is 1. The van der Waals surface area contributed by atoms with Crippen molar-refractivity contribution in [2.45, 2.75) is 26.1 Å². The Morgan fingerprint density at radius 2 is 1.93 bits per heavy atom. The molecule has 0 aliphatic rings. The predicted molar refractivity (Wildman–Crippen MR) is 95.4 cm³/mol. The van der Waals surface area contributed by atoms with E-state index in [4.69, 9.17) is 16.7 Å². The lowest BCUT2D eigenvalue weighted by atomic mass is 9.95. The van der Waals surface area contributed by atoms with Gasteiger partial charge in [0, 0.05) is 18.1 Å². The van der Waals surface area contributed by atoms with E-state index in [1.165, 1.54) is 17.0 Å². The van der Waals surface area contributed by atoms with E-state index in [1.54, 1.807) is 19.1 Å². The van der Waals surface area contributed by atoms with Crippen molar-refractivity contribution in [3.8, 4) is 11.1 Å². The smallest absolute Gasteiger partial charge is 0.416 e. The topological polar surface area (TPSA) is 57.6 Å². The van der Waals surface area contributed by atoms with E-state index in [0.717, 1.165) is 12.1 Å². The lowest BCUT2D eigenvalue weighted by Crippen LogP contribution is -2.21. The summed E-state index contributed by atoms with van der Waals surface area (Å²) in [7, 11) is 0. The van der Waals surface area contributed by atoms with Crippen LogP contribution in [-0.2, 0) is 28.7 Å². The molecule has 0 spiro atoms. The highest BCUT2D eigenvalue weighted by atomic mass is 35.5. The zero-order valence-corrected chi connectivity index (χ0v) is 15.1. The molecule has 2 aromatic rings. The van der Waals surface area contributed by atoms with Gasteiger partial charge in [0.2, 0.25) is 6.41 Å². The molecule has 2 aromatic carbocycles. The molecule has 0 aliphatic carbocycles. The van der Waals surface area contributed by atoms with Gasteiger partial charge in [0.05, 0.1) is 12.0 Å². The minimum absolute atomic E-state index is 0.0139. The molecule has 2 rings (SSSR count). The minimum atomic E-state index is -4.52. The second-order valence-corrected chi connectivity index (χ2v) is 6.39. The van der Waals surface area contributed by atoms with E-state index in [0.29, 0.717) is 35.2 Å². The first-order valence-corrected chi connectivity index (χ1v) is 8.43. The summed E-state index contributed by atoms with van der Waals surface area (Å²) in [5.74, 6) is -1.05. The summed E-state index contributed by atoms with van der Waals surface area (Å²) in [6.07, 6.45) is -4.22. The van der Waals surface area contributed by atoms with Crippen molar-refractivity contribution >= 4 is 24.0 Å². The Balaban J connectivity index is 2.59. The second kappa shape index (κ2) is 8.43. The van der Waals surface area contributed by atoms with Crippen LogP contribution in [0.3, 0.4) is 0 Å². The van der Waals surface area contributed by atoms with Crippen molar-refractivity contribution in [1.82, 2.24) is 4.90 Å². The zero-order chi connectivity index (χ0) is 20.2. The number of hydrogen-bond acceptors (Lipinski definition) is 2. The van der Waals surface area contributed by atoms with Gasteiger partial charge in [-0.25, -0.2) is 0 Å². The normalized spacial score (nSPS) is 11.3. The first-order valence-electron chi connectivity index (χ1n) is 8.05. The number of nitrogens with zero attached hydrogens (tertiary/aromatic N) is 1. The number of alkyl halides is 3. The quantitative estimate of drug-likeness (QED) is 0.690. The molecular weight excluding hydrogens is 383 g/mol. The van der Waals surface area contributed by atoms with Crippen molar-refractivity contribution in [3.63, 3.8) is 0 Å². The number of carboxylic acids is 1. The van der Waals surface area contributed by atoms with Gasteiger partial charge in [-0.2, -0.15) is 13.2 Å². The third kappa shape index (κ3) is 5.47. The molecule has 144 valence electrons. The molecule has 0 heterocycles. The summed E-state index contributed by atoms with van der Waals surface area (Å²) >= 11 is 6.06. The van der Waals surface area contributed by atoms with Crippen LogP contribution in [0, 0.1) is 0 Å². The van der Waals surface area contributed by atoms with Gasteiger partial charge in [0.25, 0.3) is 0 Å². The van der Waals surface area contributed by atoms with Crippen LogP contribution in [0.1, 0.15) is 23.6 Å². The monoisotopic (exact) mass is 399 g/mol. The molecule has 0 saturated carbocycles. The first-order chi connectivity index (χ1) is 12.6. The molecule has 0 atom stereocenters. The SMILES string of the molecule is CCN(C=O)Cc1cc(C(F)(F)F)ccc1-c1cc(Cl)cc(CC(=O)O)c1. The second-order valence-electron chi connectivity index (χ2n) is 5.96. The van der Waals surface area contributed by atoms with Crippen LogP contribution in [0.4, 0.5) is 13.2 Å². The molecule has 1 N–H and O–H groups in total. The Kier molecular flexibility index (Phi) is 6.49. The van der Waals surface area contributed by atoms with Gasteiger partial charge >= 0.3 is 12.1 Å². The van der Waals surface area contributed by atoms with Crippen molar-refractivity contribution < 1.29 is 27.9 Å². The first kappa shape index (κ1) is 20.8. The molecule has 0 bridgehead atoms. The minimum Gasteiger partial charge on any atom is -0.481 e. The number of aliphatic carboxylic acids is 1. The summed E-state index contributed by atoms with van der Waals surface area (Å²) in [5.41, 5.74) is 0.846. The van der Waals surface area contributed by atoms with Gasteiger partial charge in [-0.1, -0.05) is 23.7 Å². The van der Waals surface area contributed by atoms with Crippen molar-refractivity contribution in [2.75, 3.05) is 6.54 Å². The Morgan fingerprint density at radius 1 is 1.22 bits per heavy atom. The standard InChI is InChI=1S/C19H17ClF3NO3/c1-2-24(11-25)10-14-8-15(19(21,22)23)3-4-17(14)13-5-12(7-18(26)27)6-16(20)9-13/h3-6,8-9,11H,2,7,10H2,1H3,(H,26,27). The fraction of sp³-hybridized carbons (Fsp3) is 0.263. The molecule has 0 fully saturated rings. The van der Waals surface area contributed by atoms with Crippen molar-refractivity contribution in [3.05, 3.63) is 58.1 Å². The molecule has 0 aliphatic heterocycles. The molecule has 0 radical (unpaired) electrons. The molecule has 8 heteroatoms. The molecule has 27 heavy (non-hydrogen) atoms. The van der Waals surface area contributed by atoms with E-state index in [1.807, 2.05) is 0 Å². The van der Waals surface area contributed by atoms with Crippen LogP contribution in [0.15, 0.2) is 36.4 Å². The summed E-state index contributed by atoms with van der Waals surface area (Å²) in [6, 6.07) is 7.88. The van der Waals surface area contributed by atoms with Gasteiger partial charge in [0.1, 0.15) is 0 Å². The maximum absolute atomic E-state index is 13.1. The fourth-order valence-electron chi connectivity index (χ4n) is 2.71. The number of halogens is 4. The van der Waals surface area contributed by atoms with Gasteiger partial charge in [0.15, 0.2) is 0 Å². The molecule has 0 saturated heterocycles. The summed E-state index contributed by atoms with van der Waals surface area (Å²) in [6.45, 7) is 2.03. The average molecular weight is 400 g/mol. The Morgan fingerprint density at radius 3 is 2.48 bits per heavy atom. The van der Waals surface area contributed by atoms with Crippen LogP contribution in [0.25, 0.3) is 11.1 Å². The lowest BCUT2D eigenvalue weighted by molar-refractivity contribution is -0.138. The fourth-order valence-corrected chi connectivity index (χ4v) is 2.97. The van der Waals surface area contributed by atoms with E-state index < -0.39 is 17.7 Å². The maximum Gasteiger partial charge on any atom is 0.416 e.